The zero-order valence-electron chi connectivity index (χ0n) is 17.6. The van der Waals surface area contributed by atoms with E-state index in [1.54, 1.807) is 19.0 Å². The molecule has 0 unspecified atom stereocenters. The SMILES string of the molecule is CCOc1ccccc1CCNC(=O)[C@@]1(C)CC[C@@H](C(=O)N(C)C)C1(C)C. The van der Waals surface area contributed by atoms with E-state index in [4.69, 9.17) is 4.74 Å². The van der Waals surface area contributed by atoms with Crippen LogP contribution in [0.5, 0.6) is 5.75 Å². The van der Waals surface area contributed by atoms with Crippen molar-refractivity contribution in [2.24, 2.45) is 16.7 Å². The Morgan fingerprint density at radius 3 is 2.52 bits per heavy atom. The molecule has 0 saturated heterocycles. The lowest BCUT2D eigenvalue weighted by atomic mass is 9.65. The monoisotopic (exact) mass is 374 g/mol. The fourth-order valence-corrected chi connectivity index (χ4v) is 4.16. The summed E-state index contributed by atoms with van der Waals surface area (Å²) in [5, 5.41) is 3.11. The van der Waals surface area contributed by atoms with Crippen molar-refractivity contribution in [2.45, 2.75) is 47.0 Å². The molecule has 0 aromatic heterocycles. The Balaban J connectivity index is 2.02. The van der Waals surface area contributed by atoms with Crippen LogP contribution in [0.25, 0.3) is 0 Å². The van der Waals surface area contributed by atoms with E-state index in [1.165, 1.54) is 0 Å². The molecule has 0 spiro atoms. The zero-order chi connectivity index (χ0) is 20.2. The minimum atomic E-state index is -0.553. The first-order valence-electron chi connectivity index (χ1n) is 9.85. The van der Waals surface area contributed by atoms with Crippen molar-refractivity contribution in [2.75, 3.05) is 27.2 Å². The third-order valence-corrected chi connectivity index (χ3v) is 6.42. The molecule has 1 saturated carbocycles. The van der Waals surface area contributed by atoms with Crippen LogP contribution in [0.2, 0.25) is 0 Å². The highest BCUT2D eigenvalue weighted by atomic mass is 16.5. The summed E-state index contributed by atoms with van der Waals surface area (Å²) in [5.41, 5.74) is 0.154. The molecule has 2 amide bonds. The van der Waals surface area contributed by atoms with Gasteiger partial charge >= 0.3 is 0 Å². The first-order valence-corrected chi connectivity index (χ1v) is 9.85. The molecule has 0 heterocycles. The van der Waals surface area contributed by atoms with E-state index < -0.39 is 5.41 Å². The van der Waals surface area contributed by atoms with E-state index >= 15 is 0 Å². The van der Waals surface area contributed by atoms with Gasteiger partial charge in [0.2, 0.25) is 11.8 Å². The third-order valence-electron chi connectivity index (χ3n) is 6.42. The molecule has 0 bridgehead atoms. The smallest absolute Gasteiger partial charge is 0.226 e. The quantitative estimate of drug-likeness (QED) is 0.797. The summed E-state index contributed by atoms with van der Waals surface area (Å²) < 4.78 is 5.66. The highest BCUT2D eigenvalue weighted by Crippen LogP contribution is 2.56. The van der Waals surface area contributed by atoms with Gasteiger partial charge in [0.25, 0.3) is 0 Å². The van der Waals surface area contributed by atoms with Crippen molar-refractivity contribution < 1.29 is 14.3 Å². The number of nitrogens with zero attached hydrogens (tertiary/aromatic N) is 1. The lowest BCUT2D eigenvalue weighted by Crippen LogP contribution is -2.49. The van der Waals surface area contributed by atoms with Gasteiger partial charge in [0.15, 0.2) is 0 Å². The summed E-state index contributed by atoms with van der Waals surface area (Å²) >= 11 is 0. The van der Waals surface area contributed by atoms with Gasteiger partial charge in [-0.1, -0.05) is 39.0 Å². The fourth-order valence-electron chi connectivity index (χ4n) is 4.16. The molecule has 2 rings (SSSR count). The van der Waals surface area contributed by atoms with Crippen LogP contribution < -0.4 is 10.1 Å². The average molecular weight is 375 g/mol. The van der Waals surface area contributed by atoms with Gasteiger partial charge in [-0.2, -0.15) is 0 Å². The Labute approximate surface area is 163 Å². The molecule has 1 fully saturated rings. The molecular formula is C22H34N2O3. The summed E-state index contributed by atoms with van der Waals surface area (Å²) in [7, 11) is 3.56. The molecule has 5 heteroatoms. The fraction of sp³-hybridized carbons (Fsp3) is 0.636. The molecule has 27 heavy (non-hydrogen) atoms. The minimum Gasteiger partial charge on any atom is -0.494 e. The Morgan fingerprint density at radius 1 is 1.22 bits per heavy atom. The Kier molecular flexibility index (Phi) is 6.55. The van der Waals surface area contributed by atoms with Crippen LogP contribution in [-0.4, -0.2) is 44.0 Å². The molecule has 1 N–H and O–H groups in total. The maximum absolute atomic E-state index is 13.1. The van der Waals surface area contributed by atoms with Crippen molar-refractivity contribution in [1.82, 2.24) is 10.2 Å². The van der Waals surface area contributed by atoms with Crippen LogP contribution >= 0.6 is 0 Å². The van der Waals surface area contributed by atoms with Crippen molar-refractivity contribution in [3.05, 3.63) is 29.8 Å². The molecule has 1 aromatic rings. The van der Waals surface area contributed by atoms with E-state index in [9.17, 15) is 9.59 Å². The van der Waals surface area contributed by atoms with Crippen LogP contribution in [0.15, 0.2) is 24.3 Å². The highest BCUT2D eigenvalue weighted by Gasteiger charge is 2.58. The lowest BCUT2D eigenvalue weighted by Gasteiger charge is -2.40. The van der Waals surface area contributed by atoms with Gasteiger partial charge in [-0.15, -0.1) is 0 Å². The van der Waals surface area contributed by atoms with Crippen LogP contribution in [-0.2, 0) is 16.0 Å². The molecule has 5 nitrogen and oxygen atoms in total. The minimum absolute atomic E-state index is 0.0375. The van der Waals surface area contributed by atoms with E-state index in [0.717, 1.165) is 30.6 Å². The molecule has 1 aromatic carbocycles. The number of carbonyl (C=O) groups is 2. The van der Waals surface area contributed by atoms with E-state index in [0.29, 0.717) is 13.2 Å². The standard InChI is InChI=1S/C22H34N2O3/c1-7-27-18-11-9-8-10-16(18)13-15-23-20(26)22(4)14-12-17(21(22,2)3)19(25)24(5)6/h8-11,17H,7,12-15H2,1-6H3,(H,23,26)/t17-,22+/m0/s1. The Morgan fingerprint density at radius 2 is 1.89 bits per heavy atom. The zero-order valence-corrected chi connectivity index (χ0v) is 17.6. The summed E-state index contributed by atoms with van der Waals surface area (Å²) in [5.74, 6) is 0.901. The molecule has 0 aliphatic heterocycles. The summed E-state index contributed by atoms with van der Waals surface area (Å²) in [6.07, 6.45) is 2.20. The second kappa shape index (κ2) is 8.32. The van der Waals surface area contributed by atoms with Gasteiger partial charge in [-0.25, -0.2) is 0 Å². The summed E-state index contributed by atoms with van der Waals surface area (Å²) in [6.45, 7) is 9.25. The largest absolute Gasteiger partial charge is 0.494 e. The van der Waals surface area contributed by atoms with Crippen molar-refractivity contribution in [1.29, 1.82) is 0 Å². The van der Waals surface area contributed by atoms with Gasteiger partial charge in [0.1, 0.15) is 5.75 Å². The van der Waals surface area contributed by atoms with Crippen molar-refractivity contribution in [3.63, 3.8) is 0 Å². The third kappa shape index (κ3) is 4.12. The molecule has 0 radical (unpaired) electrons. The summed E-state index contributed by atoms with van der Waals surface area (Å²) in [4.78, 5) is 27.2. The highest BCUT2D eigenvalue weighted by molar-refractivity contribution is 5.87. The number of rotatable bonds is 7. The number of hydrogen-bond donors (Lipinski definition) is 1. The maximum Gasteiger partial charge on any atom is 0.226 e. The van der Waals surface area contributed by atoms with Gasteiger partial charge in [0.05, 0.1) is 12.0 Å². The Hall–Kier alpha value is -2.04. The van der Waals surface area contributed by atoms with Crippen LogP contribution in [0.4, 0.5) is 0 Å². The number of amides is 2. The predicted molar refractivity (Wildman–Crippen MR) is 108 cm³/mol. The molecule has 150 valence electrons. The van der Waals surface area contributed by atoms with Gasteiger partial charge in [-0.3, -0.25) is 9.59 Å². The normalized spacial score (nSPS) is 23.7. The van der Waals surface area contributed by atoms with E-state index in [1.807, 2.05) is 38.1 Å². The molecular weight excluding hydrogens is 340 g/mol. The average Bonchev–Trinajstić information content (AvgIpc) is 2.86. The van der Waals surface area contributed by atoms with Gasteiger partial charge in [0, 0.05) is 26.6 Å². The lowest BCUT2D eigenvalue weighted by molar-refractivity contribution is -0.142. The van der Waals surface area contributed by atoms with E-state index in [2.05, 4.69) is 19.2 Å². The molecule has 1 aliphatic rings. The summed E-state index contributed by atoms with van der Waals surface area (Å²) in [6, 6.07) is 7.93. The number of hydrogen-bond acceptors (Lipinski definition) is 3. The molecule has 1 aliphatic carbocycles. The number of carbonyl (C=O) groups excluding carboxylic acids is 2. The predicted octanol–water partition coefficient (Wildman–Crippen LogP) is 3.27. The second-order valence-electron chi connectivity index (χ2n) is 8.42. The van der Waals surface area contributed by atoms with Crippen molar-refractivity contribution >= 4 is 11.8 Å². The van der Waals surface area contributed by atoms with Crippen LogP contribution in [0.1, 0.15) is 46.1 Å². The van der Waals surface area contributed by atoms with Gasteiger partial charge in [-0.05, 0) is 43.2 Å². The van der Waals surface area contributed by atoms with Crippen LogP contribution in [0, 0.1) is 16.7 Å². The number of ether oxygens (including phenoxy) is 1. The number of nitrogens with one attached hydrogen (secondary N) is 1. The topological polar surface area (TPSA) is 58.6 Å². The van der Waals surface area contributed by atoms with Crippen molar-refractivity contribution in [3.8, 4) is 5.75 Å². The first-order chi connectivity index (χ1) is 12.6. The number of benzene rings is 1. The Bertz CT molecular complexity index is 684. The second-order valence-corrected chi connectivity index (χ2v) is 8.42. The van der Waals surface area contributed by atoms with E-state index in [-0.39, 0.29) is 23.1 Å². The van der Waals surface area contributed by atoms with Gasteiger partial charge < -0.3 is 15.0 Å². The number of para-hydroxylation sites is 1. The maximum atomic E-state index is 13.1. The molecule has 2 atom stereocenters. The first kappa shape index (κ1) is 21.3. The van der Waals surface area contributed by atoms with Crippen LogP contribution in [0.3, 0.4) is 0 Å².